The summed E-state index contributed by atoms with van der Waals surface area (Å²) in [5.41, 5.74) is -0.00324. The van der Waals surface area contributed by atoms with Gasteiger partial charge in [0.2, 0.25) is 5.75 Å². The molecule has 2 N–H and O–H groups in total. The molecule has 0 unspecified atom stereocenters. The minimum absolute atomic E-state index is 0.00324. The molecule has 20 heavy (non-hydrogen) atoms. The van der Waals surface area contributed by atoms with Crippen LogP contribution in [0.25, 0.3) is 0 Å². The summed E-state index contributed by atoms with van der Waals surface area (Å²) >= 11 is 0. The molecule has 0 saturated heterocycles. The van der Waals surface area contributed by atoms with Gasteiger partial charge in [-0.1, -0.05) is 38.5 Å². The van der Waals surface area contributed by atoms with Crippen molar-refractivity contribution in [3.05, 3.63) is 17.7 Å². The molecule has 5 heteroatoms. The summed E-state index contributed by atoms with van der Waals surface area (Å²) in [5.74, 6) is -1.18. The molecule has 0 aromatic heterocycles. The van der Waals surface area contributed by atoms with E-state index in [4.69, 9.17) is 14.6 Å². The molecule has 0 bridgehead atoms. The quantitative estimate of drug-likeness (QED) is 0.888. The van der Waals surface area contributed by atoms with Crippen LogP contribution in [0.4, 0.5) is 0 Å². The zero-order valence-corrected chi connectivity index (χ0v) is 12.0. The van der Waals surface area contributed by atoms with Crippen LogP contribution in [-0.4, -0.2) is 30.4 Å². The van der Waals surface area contributed by atoms with Crippen LogP contribution in [0.2, 0.25) is 0 Å². The predicted octanol–water partition coefficient (Wildman–Crippen LogP) is 3.45. The number of hydrogen-bond donors (Lipinski definition) is 2. The highest BCUT2D eigenvalue weighted by Gasteiger charge is 2.14. The van der Waals surface area contributed by atoms with Crippen molar-refractivity contribution >= 4 is 5.97 Å². The highest BCUT2D eigenvalue weighted by molar-refractivity contribution is 5.89. The standard InChI is InChI=1S/C9H10O5.C6H12/c1-13-6-3-5(9(11)12)4-7(14-2)8(6)10;1-2-4-6-5-3-1/h3-4,10H,1-2H3,(H,11,12);1-6H2. The zero-order valence-electron chi connectivity index (χ0n) is 12.0. The van der Waals surface area contributed by atoms with Gasteiger partial charge in [0.1, 0.15) is 0 Å². The van der Waals surface area contributed by atoms with Gasteiger partial charge < -0.3 is 19.7 Å². The summed E-state index contributed by atoms with van der Waals surface area (Å²) in [6.07, 6.45) is 9.00. The van der Waals surface area contributed by atoms with Gasteiger partial charge in [0.25, 0.3) is 0 Å². The summed E-state index contributed by atoms with van der Waals surface area (Å²) in [6, 6.07) is 2.44. The minimum atomic E-state index is -1.11. The van der Waals surface area contributed by atoms with Crippen molar-refractivity contribution < 1.29 is 24.5 Å². The van der Waals surface area contributed by atoms with Crippen LogP contribution in [0.3, 0.4) is 0 Å². The van der Waals surface area contributed by atoms with E-state index in [1.165, 1.54) is 64.9 Å². The number of rotatable bonds is 3. The zero-order chi connectivity index (χ0) is 15.0. The number of aromatic carboxylic acids is 1. The van der Waals surface area contributed by atoms with Crippen LogP contribution >= 0.6 is 0 Å². The van der Waals surface area contributed by atoms with Crippen molar-refractivity contribution in [1.82, 2.24) is 0 Å². The third kappa shape index (κ3) is 4.64. The summed E-state index contributed by atoms with van der Waals surface area (Å²) in [7, 11) is 2.67. The van der Waals surface area contributed by atoms with Crippen molar-refractivity contribution in [1.29, 1.82) is 0 Å². The molecule has 0 amide bonds. The number of carbonyl (C=O) groups is 1. The second-order valence-electron chi connectivity index (χ2n) is 4.66. The molecule has 2 rings (SSSR count). The van der Waals surface area contributed by atoms with Crippen LogP contribution in [0.5, 0.6) is 17.2 Å². The Morgan fingerprint density at radius 1 is 0.950 bits per heavy atom. The summed E-state index contributed by atoms with van der Waals surface area (Å²) < 4.78 is 9.57. The third-order valence-corrected chi connectivity index (χ3v) is 3.23. The average Bonchev–Trinajstić information content (AvgIpc) is 2.49. The third-order valence-electron chi connectivity index (χ3n) is 3.23. The molecule has 1 aromatic carbocycles. The first-order valence-electron chi connectivity index (χ1n) is 6.78. The topological polar surface area (TPSA) is 76.0 Å². The summed E-state index contributed by atoms with van der Waals surface area (Å²) in [5, 5.41) is 18.2. The molecule has 0 heterocycles. The maximum absolute atomic E-state index is 10.7. The van der Waals surface area contributed by atoms with E-state index in [1.54, 1.807) is 0 Å². The van der Waals surface area contributed by atoms with Crippen molar-refractivity contribution in [3.63, 3.8) is 0 Å². The Labute approximate surface area is 119 Å². The highest BCUT2D eigenvalue weighted by atomic mass is 16.5. The number of benzene rings is 1. The summed E-state index contributed by atoms with van der Waals surface area (Å²) in [4.78, 5) is 10.7. The number of hydrogen-bond acceptors (Lipinski definition) is 4. The van der Waals surface area contributed by atoms with Crippen LogP contribution in [0.15, 0.2) is 12.1 Å². The SMILES string of the molecule is C1CCCCC1.COc1cc(C(=O)O)cc(OC)c1O. The fourth-order valence-electron chi connectivity index (χ4n) is 2.08. The van der Waals surface area contributed by atoms with Gasteiger partial charge in [0.15, 0.2) is 11.5 Å². The molecule has 5 nitrogen and oxygen atoms in total. The second-order valence-corrected chi connectivity index (χ2v) is 4.66. The van der Waals surface area contributed by atoms with Crippen LogP contribution in [0.1, 0.15) is 48.9 Å². The lowest BCUT2D eigenvalue weighted by atomic mass is 10.0. The summed E-state index contributed by atoms with van der Waals surface area (Å²) in [6.45, 7) is 0. The van der Waals surface area contributed by atoms with Crippen LogP contribution < -0.4 is 9.47 Å². The molecule has 1 fully saturated rings. The molecule has 0 spiro atoms. The first kappa shape index (κ1) is 16.1. The number of methoxy groups -OCH3 is 2. The van der Waals surface area contributed by atoms with E-state index >= 15 is 0 Å². The van der Waals surface area contributed by atoms with E-state index in [-0.39, 0.29) is 22.8 Å². The largest absolute Gasteiger partial charge is 0.502 e. The Morgan fingerprint density at radius 2 is 1.30 bits per heavy atom. The smallest absolute Gasteiger partial charge is 0.335 e. The fourth-order valence-corrected chi connectivity index (χ4v) is 2.08. The van der Waals surface area contributed by atoms with Crippen LogP contribution in [0, 0.1) is 0 Å². The molecule has 1 aromatic rings. The highest BCUT2D eigenvalue weighted by Crippen LogP contribution is 2.36. The van der Waals surface area contributed by atoms with Gasteiger partial charge in [0, 0.05) is 0 Å². The van der Waals surface area contributed by atoms with Gasteiger partial charge in [-0.3, -0.25) is 0 Å². The van der Waals surface area contributed by atoms with Gasteiger partial charge in [0.05, 0.1) is 19.8 Å². The Balaban J connectivity index is 0.000000276. The van der Waals surface area contributed by atoms with Crippen molar-refractivity contribution in [2.45, 2.75) is 38.5 Å². The molecule has 0 radical (unpaired) electrons. The van der Waals surface area contributed by atoms with Gasteiger partial charge in [-0.25, -0.2) is 4.79 Å². The number of ether oxygens (including phenoxy) is 2. The fraction of sp³-hybridized carbons (Fsp3) is 0.533. The van der Waals surface area contributed by atoms with E-state index in [0.717, 1.165) is 0 Å². The molecule has 1 aliphatic rings. The molecule has 112 valence electrons. The Hall–Kier alpha value is -1.91. The van der Waals surface area contributed by atoms with Crippen molar-refractivity contribution in [2.24, 2.45) is 0 Å². The maximum Gasteiger partial charge on any atom is 0.335 e. The van der Waals surface area contributed by atoms with E-state index < -0.39 is 5.97 Å². The van der Waals surface area contributed by atoms with Gasteiger partial charge in [-0.15, -0.1) is 0 Å². The van der Waals surface area contributed by atoms with Crippen LogP contribution in [-0.2, 0) is 0 Å². The van der Waals surface area contributed by atoms with E-state index in [1.807, 2.05) is 0 Å². The molecular weight excluding hydrogens is 260 g/mol. The number of carboxylic acids is 1. The number of phenols is 1. The Bertz CT molecular complexity index is 401. The van der Waals surface area contributed by atoms with Crippen molar-refractivity contribution in [3.8, 4) is 17.2 Å². The number of aromatic hydroxyl groups is 1. The molecule has 0 aliphatic heterocycles. The number of phenolic OH excluding ortho intramolecular Hbond substituents is 1. The maximum atomic E-state index is 10.7. The Morgan fingerprint density at radius 3 is 1.55 bits per heavy atom. The molecule has 0 atom stereocenters. The lowest BCUT2D eigenvalue weighted by Gasteiger charge is -2.08. The average molecular weight is 282 g/mol. The first-order chi connectivity index (χ1) is 9.60. The second kappa shape index (κ2) is 8.30. The number of carboxylic acid groups (broad SMARTS) is 1. The molecule has 1 saturated carbocycles. The normalized spacial score (nSPS) is 13.9. The molecule has 1 aliphatic carbocycles. The Kier molecular flexibility index (Phi) is 6.70. The van der Waals surface area contributed by atoms with Crippen molar-refractivity contribution in [2.75, 3.05) is 14.2 Å². The monoisotopic (exact) mass is 282 g/mol. The van der Waals surface area contributed by atoms with E-state index in [0.29, 0.717) is 0 Å². The first-order valence-corrected chi connectivity index (χ1v) is 6.78. The minimum Gasteiger partial charge on any atom is -0.502 e. The van der Waals surface area contributed by atoms with Gasteiger partial charge >= 0.3 is 5.97 Å². The lowest BCUT2D eigenvalue weighted by Crippen LogP contribution is -1.98. The predicted molar refractivity (Wildman–Crippen MR) is 75.9 cm³/mol. The van der Waals surface area contributed by atoms with Gasteiger partial charge in [-0.05, 0) is 12.1 Å². The van der Waals surface area contributed by atoms with Gasteiger partial charge in [-0.2, -0.15) is 0 Å². The van der Waals surface area contributed by atoms with E-state index in [2.05, 4.69) is 0 Å². The lowest BCUT2D eigenvalue weighted by molar-refractivity contribution is 0.0696. The molecular formula is C15H22O5. The van der Waals surface area contributed by atoms with E-state index in [9.17, 15) is 9.90 Å².